The molecule has 3 aromatic heterocycles. The Bertz CT molecular complexity index is 1770. The molecule has 5 heterocycles. The standard InChI is InChI=1S/C30H37F2N8O3P/c1-18-34-28-22(31)13-20(14-25(28)40(18)30(2,3)4)27-23(32)15-33-29(37-27)36-26-6-5-19-16-38(10-8-24(19)35-26)11-12-39-9-7-21(17-39)44(41,42)43/h5-6,13-15,21H,7-12,16-17H2,1-4H3,(H2,41,42,43)(H,33,35,36,37). The van der Waals surface area contributed by atoms with Crippen LogP contribution in [-0.2, 0) is 23.1 Å². The van der Waals surface area contributed by atoms with Gasteiger partial charge < -0.3 is 24.6 Å². The normalized spacial score (nSPS) is 18.2. The lowest BCUT2D eigenvalue weighted by molar-refractivity contribution is 0.209. The average Bonchev–Trinajstić information content (AvgIpc) is 3.57. The van der Waals surface area contributed by atoms with Gasteiger partial charge in [0.05, 0.1) is 17.4 Å². The second kappa shape index (κ2) is 11.5. The van der Waals surface area contributed by atoms with E-state index in [1.165, 1.54) is 6.07 Å². The number of nitrogens with zero attached hydrogens (tertiary/aromatic N) is 7. The van der Waals surface area contributed by atoms with E-state index in [0.717, 1.165) is 50.1 Å². The summed E-state index contributed by atoms with van der Waals surface area (Å²) in [6.45, 7) is 12.1. The summed E-state index contributed by atoms with van der Waals surface area (Å²) in [5, 5.41) is 3.08. The molecule has 3 N–H and O–H groups in total. The number of rotatable bonds is 7. The SMILES string of the molecule is Cc1nc2c(F)cc(-c3nc(Nc4ccc5c(n4)CCN(CCN4CCC(P(=O)(O)O)C4)C5)ncc3F)cc2n1C(C)(C)C. The molecule has 11 nitrogen and oxygen atoms in total. The van der Waals surface area contributed by atoms with Gasteiger partial charge in [0.25, 0.3) is 0 Å². The Kier molecular flexibility index (Phi) is 8.04. The molecule has 44 heavy (non-hydrogen) atoms. The number of hydrogen-bond donors (Lipinski definition) is 3. The van der Waals surface area contributed by atoms with Crippen molar-refractivity contribution in [2.24, 2.45) is 0 Å². The maximum Gasteiger partial charge on any atom is 0.329 e. The molecule has 1 fully saturated rings. The van der Waals surface area contributed by atoms with Crippen LogP contribution < -0.4 is 5.32 Å². The number of hydrogen-bond acceptors (Lipinski definition) is 8. The van der Waals surface area contributed by atoms with Gasteiger partial charge in [0.15, 0.2) is 11.6 Å². The minimum atomic E-state index is -4.03. The Balaban J connectivity index is 1.16. The summed E-state index contributed by atoms with van der Waals surface area (Å²) in [6, 6.07) is 6.79. The van der Waals surface area contributed by atoms with Gasteiger partial charge in [-0.25, -0.2) is 28.7 Å². The fourth-order valence-corrected chi connectivity index (χ4v) is 7.18. The Hall–Kier alpha value is -3.35. The molecule has 4 aromatic rings. The molecule has 1 atom stereocenters. The predicted octanol–water partition coefficient (Wildman–Crippen LogP) is 4.58. The topological polar surface area (TPSA) is 133 Å². The number of pyridine rings is 1. The molecule has 1 saturated heterocycles. The van der Waals surface area contributed by atoms with Crippen molar-refractivity contribution in [2.75, 3.05) is 38.0 Å². The van der Waals surface area contributed by atoms with E-state index < -0.39 is 24.9 Å². The molecule has 0 spiro atoms. The molecule has 2 aliphatic rings. The minimum absolute atomic E-state index is 0.0265. The van der Waals surface area contributed by atoms with Gasteiger partial charge in [-0.2, -0.15) is 0 Å². The molecule has 1 aromatic carbocycles. The summed E-state index contributed by atoms with van der Waals surface area (Å²) in [4.78, 5) is 41.0. The van der Waals surface area contributed by atoms with E-state index in [-0.39, 0.29) is 28.3 Å². The molecule has 14 heteroatoms. The first-order valence-corrected chi connectivity index (χ1v) is 16.4. The van der Waals surface area contributed by atoms with Crippen molar-refractivity contribution >= 4 is 30.4 Å². The van der Waals surface area contributed by atoms with Gasteiger partial charge in [-0.15, -0.1) is 0 Å². The second-order valence-electron chi connectivity index (χ2n) is 12.7. The first kappa shape index (κ1) is 30.7. The molecule has 2 aliphatic heterocycles. The molecule has 0 aliphatic carbocycles. The molecule has 0 saturated carbocycles. The monoisotopic (exact) mass is 626 g/mol. The van der Waals surface area contributed by atoms with Gasteiger partial charge >= 0.3 is 7.60 Å². The third-order valence-electron chi connectivity index (χ3n) is 8.39. The van der Waals surface area contributed by atoms with Crippen LogP contribution >= 0.6 is 7.60 Å². The number of aromatic nitrogens is 5. The number of nitrogens with one attached hydrogen (secondary N) is 1. The van der Waals surface area contributed by atoms with Crippen LogP contribution in [0.4, 0.5) is 20.5 Å². The van der Waals surface area contributed by atoms with E-state index in [2.05, 4.69) is 30.1 Å². The van der Waals surface area contributed by atoms with Crippen LogP contribution in [0.15, 0.2) is 30.5 Å². The van der Waals surface area contributed by atoms with E-state index in [9.17, 15) is 14.4 Å². The third kappa shape index (κ3) is 6.25. The van der Waals surface area contributed by atoms with E-state index >= 15 is 8.78 Å². The number of aryl methyl sites for hydroxylation is 1. The minimum Gasteiger partial charge on any atom is -0.324 e. The summed E-state index contributed by atoms with van der Waals surface area (Å²) in [6.07, 6.45) is 2.34. The Morgan fingerprint density at radius 2 is 1.82 bits per heavy atom. The van der Waals surface area contributed by atoms with E-state index in [1.54, 1.807) is 6.07 Å². The van der Waals surface area contributed by atoms with Crippen LogP contribution in [0, 0.1) is 18.6 Å². The maximum atomic E-state index is 15.2. The van der Waals surface area contributed by atoms with Gasteiger partial charge in [-0.05, 0) is 64.4 Å². The summed E-state index contributed by atoms with van der Waals surface area (Å²) >= 11 is 0. The van der Waals surface area contributed by atoms with Crippen LogP contribution in [0.1, 0.15) is 44.3 Å². The van der Waals surface area contributed by atoms with E-state index in [0.29, 0.717) is 36.7 Å². The van der Waals surface area contributed by atoms with Crippen molar-refractivity contribution in [3.05, 3.63) is 59.2 Å². The number of benzene rings is 1. The molecule has 6 rings (SSSR count). The van der Waals surface area contributed by atoms with E-state index in [4.69, 9.17) is 4.98 Å². The smallest absolute Gasteiger partial charge is 0.324 e. The summed E-state index contributed by atoms with van der Waals surface area (Å²) in [5.74, 6) is 0.119. The van der Waals surface area contributed by atoms with Gasteiger partial charge in [-0.1, -0.05) is 6.07 Å². The van der Waals surface area contributed by atoms with Gasteiger partial charge in [0.2, 0.25) is 5.95 Å². The fraction of sp³-hybridized carbons (Fsp3) is 0.467. The van der Waals surface area contributed by atoms with Crippen LogP contribution in [0.3, 0.4) is 0 Å². The van der Waals surface area contributed by atoms with Gasteiger partial charge in [0, 0.05) is 55.9 Å². The highest BCUT2D eigenvalue weighted by Gasteiger charge is 2.35. The molecule has 1 unspecified atom stereocenters. The van der Waals surface area contributed by atoms with Crippen LogP contribution in [0.2, 0.25) is 0 Å². The average molecular weight is 627 g/mol. The lowest BCUT2D eigenvalue weighted by Gasteiger charge is -2.30. The number of anilines is 2. The molecule has 0 radical (unpaired) electrons. The summed E-state index contributed by atoms with van der Waals surface area (Å²) in [5.41, 5.74) is 2.19. The lowest BCUT2D eigenvalue weighted by atomic mass is 10.1. The quantitative estimate of drug-likeness (QED) is 0.251. The number of fused-ring (bicyclic) bond motifs is 2. The zero-order chi connectivity index (χ0) is 31.4. The predicted molar refractivity (Wildman–Crippen MR) is 164 cm³/mol. The van der Waals surface area contributed by atoms with Crippen molar-refractivity contribution in [3.63, 3.8) is 0 Å². The van der Waals surface area contributed by atoms with Crippen LogP contribution in [0.5, 0.6) is 0 Å². The highest BCUT2D eigenvalue weighted by atomic mass is 31.2. The Labute approximate surface area is 254 Å². The fourth-order valence-electron chi connectivity index (χ4n) is 6.29. The lowest BCUT2D eigenvalue weighted by Crippen LogP contribution is -2.37. The van der Waals surface area contributed by atoms with Gasteiger partial charge in [0.1, 0.15) is 22.9 Å². The largest absolute Gasteiger partial charge is 0.329 e. The van der Waals surface area contributed by atoms with Crippen molar-refractivity contribution < 1.29 is 23.1 Å². The van der Waals surface area contributed by atoms with Crippen LogP contribution in [-0.4, -0.2) is 82.5 Å². The second-order valence-corrected chi connectivity index (χ2v) is 14.6. The zero-order valence-corrected chi connectivity index (χ0v) is 26.2. The first-order chi connectivity index (χ1) is 20.8. The van der Waals surface area contributed by atoms with Gasteiger partial charge in [-0.3, -0.25) is 9.46 Å². The Morgan fingerprint density at radius 1 is 1.05 bits per heavy atom. The molecular formula is C30H37F2N8O3P. The van der Waals surface area contributed by atoms with Crippen molar-refractivity contribution in [1.29, 1.82) is 0 Å². The first-order valence-electron chi connectivity index (χ1n) is 14.7. The highest BCUT2D eigenvalue weighted by molar-refractivity contribution is 7.52. The molecule has 0 bridgehead atoms. The highest BCUT2D eigenvalue weighted by Crippen LogP contribution is 2.45. The van der Waals surface area contributed by atoms with Crippen molar-refractivity contribution in [1.82, 2.24) is 34.3 Å². The molecule has 0 amide bonds. The number of likely N-dealkylation sites (tertiary alicyclic amines) is 1. The maximum absolute atomic E-state index is 15.2. The summed E-state index contributed by atoms with van der Waals surface area (Å²) < 4.78 is 43.7. The summed E-state index contributed by atoms with van der Waals surface area (Å²) in [7, 11) is -4.03. The van der Waals surface area contributed by atoms with Crippen molar-refractivity contribution in [2.45, 2.75) is 58.3 Å². The zero-order valence-electron chi connectivity index (χ0n) is 25.3. The molecule has 234 valence electrons. The Morgan fingerprint density at radius 3 is 2.55 bits per heavy atom. The molecular weight excluding hydrogens is 589 g/mol. The third-order valence-corrected chi connectivity index (χ3v) is 9.77. The number of halogens is 2. The van der Waals surface area contributed by atoms with E-state index in [1.807, 2.05) is 44.4 Å². The van der Waals surface area contributed by atoms with Crippen LogP contribution in [0.25, 0.3) is 22.3 Å². The van der Waals surface area contributed by atoms with Crippen molar-refractivity contribution in [3.8, 4) is 11.3 Å². The number of imidazole rings is 1.